The molecule has 3 heterocycles. The molecule has 9 nitrogen and oxygen atoms in total. The maximum atomic E-state index is 12.8. The highest BCUT2D eigenvalue weighted by atomic mass is 35.5. The summed E-state index contributed by atoms with van der Waals surface area (Å²) in [7, 11) is 0. The van der Waals surface area contributed by atoms with Crippen LogP contribution in [0.4, 0.5) is 11.4 Å². The molecule has 232 valence electrons. The first-order chi connectivity index (χ1) is 21.2. The van der Waals surface area contributed by atoms with Gasteiger partial charge in [0.2, 0.25) is 0 Å². The number of piperazine rings is 1. The fourth-order valence-electron chi connectivity index (χ4n) is 5.68. The van der Waals surface area contributed by atoms with Crippen molar-refractivity contribution in [3.63, 3.8) is 0 Å². The van der Waals surface area contributed by atoms with Crippen molar-refractivity contribution in [3.8, 4) is 11.4 Å². The lowest BCUT2D eigenvalue weighted by molar-refractivity contribution is -0.164. The quantitative estimate of drug-likeness (QED) is 0.213. The maximum Gasteiger partial charge on any atom is 0.350 e. The number of ether oxygens (including phenoxy) is 3. The number of anilines is 2. The van der Waals surface area contributed by atoms with E-state index >= 15 is 0 Å². The minimum atomic E-state index is -0.944. The zero-order valence-electron chi connectivity index (χ0n) is 25.2. The first-order valence-corrected chi connectivity index (χ1v) is 15.8. The van der Waals surface area contributed by atoms with Crippen LogP contribution in [0.3, 0.4) is 0 Å². The molecule has 2 aliphatic rings. The van der Waals surface area contributed by atoms with Crippen LogP contribution in [0.2, 0.25) is 10.0 Å². The first-order valence-electron chi connectivity index (χ1n) is 15.0. The molecule has 3 atom stereocenters. The van der Waals surface area contributed by atoms with Gasteiger partial charge >= 0.3 is 5.69 Å². The van der Waals surface area contributed by atoms with Gasteiger partial charge in [0, 0.05) is 48.1 Å². The van der Waals surface area contributed by atoms with Crippen LogP contribution in [0, 0.1) is 0 Å². The smallest absolute Gasteiger partial charge is 0.350 e. The van der Waals surface area contributed by atoms with E-state index in [2.05, 4.69) is 39.2 Å². The third-order valence-electron chi connectivity index (χ3n) is 8.47. The number of halogens is 2. The molecule has 11 heteroatoms. The van der Waals surface area contributed by atoms with Crippen LogP contribution in [-0.4, -0.2) is 59.8 Å². The summed E-state index contributed by atoms with van der Waals surface area (Å²) < 4.78 is 21.3. The first kappa shape index (κ1) is 30.5. The monoisotopic (exact) mass is 637 g/mol. The SMILES string of the molecule is CC[C@H](C)n1ncn(-c2ccc(N3CCN(c4ccc(OC[C@@H]5CO[C@@](C)(c6ccc(Cl)cc6Cl)O5)cc4)CC3)cc2)c1=O. The van der Waals surface area contributed by atoms with Gasteiger partial charge in [0.1, 0.15) is 24.8 Å². The molecule has 0 amide bonds. The fraction of sp³-hybridized carbons (Fsp3) is 0.394. The minimum Gasteiger partial charge on any atom is -0.491 e. The van der Waals surface area contributed by atoms with E-state index in [1.807, 2.05) is 51.1 Å². The van der Waals surface area contributed by atoms with E-state index in [-0.39, 0.29) is 17.8 Å². The molecular weight excluding hydrogens is 601 g/mol. The molecule has 0 N–H and O–H groups in total. The summed E-state index contributed by atoms with van der Waals surface area (Å²) in [5.74, 6) is -0.163. The average Bonchev–Trinajstić information content (AvgIpc) is 3.62. The Balaban J connectivity index is 0.991. The van der Waals surface area contributed by atoms with Crippen molar-refractivity contribution in [2.24, 2.45) is 0 Å². The van der Waals surface area contributed by atoms with Gasteiger partial charge in [-0.2, -0.15) is 5.10 Å². The number of hydrogen-bond acceptors (Lipinski definition) is 7. The van der Waals surface area contributed by atoms with Gasteiger partial charge in [0.15, 0.2) is 5.79 Å². The van der Waals surface area contributed by atoms with Crippen molar-refractivity contribution >= 4 is 34.6 Å². The lowest BCUT2D eigenvalue weighted by Gasteiger charge is -2.37. The van der Waals surface area contributed by atoms with Crippen LogP contribution >= 0.6 is 23.2 Å². The summed E-state index contributed by atoms with van der Waals surface area (Å²) in [5.41, 5.74) is 3.76. The van der Waals surface area contributed by atoms with Gasteiger partial charge in [-0.05, 0) is 80.9 Å². The molecule has 1 aromatic heterocycles. The summed E-state index contributed by atoms with van der Waals surface area (Å²) in [6.45, 7) is 10.3. The van der Waals surface area contributed by atoms with Crippen molar-refractivity contribution in [2.75, 3.05) is 49.2 Å². The standard InChI is InChI=1S/C33H37Cl2N5O4/c1-4-23(2)40-32(41)39(22-36-40)27-8-6-25(7-9-27)37-15-17-38(18-16-37)26-10-12-28(13-11-26)42-20-29-21-43-33(3,44-29)30-14-5-24(34)19-31(30)35/h5-14,19,22-23,29H,4,15-18,20-21H2,1-3H3/t23-,29+,33+/m0/s1. The predicted molar refractivity (Wildman–Crippen MR) is 174 cm³/mol. The lowest BCUT2D eigenvalue weighted by Crippen LogP contribution is -2.46. The largest absolute Gasteiger partial charge is 0.491 e. The van der Waals surface area contributed by atoms with Crippen LogP contribution in [-0.2, 0) is 15.3 Å². The van der Waals surface area contributed by atoms with Crippen molar-refractivity contribution in [1.29, 1.82) is 0 Å². The van der Waals surface area contributed by atoms with Crippen LogP contribution in [0.15, 0.2) is 77.9 Å². The summed E-state index contributed by atoms with van der Waals surface area (Å²) in [4.78, 5) is 17.5. The lowest BCUT2D eigenvalue weighted by atomic mass is 10.1. The molecule has 44 heavy (non-hydrogen) atoms. The summed E-state index contributed by atoms with van der Waals surface area (Å²) in [6.07, 6.45) is 2.23. The van der Waals surface area contributed by atoms with Crippen LogP contribution in [0.25, 0.3) is 5.69 Å². The normalized spacial score (nSPS) is 21.1. The Hall–Kier alpha value is -3.50. The van der Waals surface area contributed by atoms with Gasteiger partial charge in [-0.15, -0.1) is 0 Å². The molecule has 0 aliphatic carbocycles. The van der Waals surface area contributed by atoms with Crippen molar-refractivity contribution < 1.29 is 14.2 Å². The molecule has 2 aliphatic heterocycles. The highest BCUT2D eigenvalue weighted by Gasteiger charge is 2.40. The van der Waals surface area contributed by atoms with Gasteiger partial charge in [-0.3, -0.25) is 0 Å². The number of aromatic nitrogens is 3. The third kappa shape index (κ3) is 6.33. The van der Waals surface area contributed by atoms with Crippen LogP contribution in [0.1, 0.15) is 38.8 Å². The van der Waals surface area contributed by atoms with Gasteiger partial charge in [-0.1, -0.05) is 36.2 Å². The van der Waals surface area contributed by atoms with E-state index in [4.69, 9.17) is 37.4 Å². The Morgan fingerprint density at radius 2 is 1.57 bits per heavy atom. The molecule has 3 aromatic carbocycles. The van der Waals surface area contributed by atoms with Crippen molar-refractivity contribution in [3.05, 3.63) is 99.2 Å². The second-order valence-corrected chi connectivity index (χ2v) is 12.2. The zero-order chi connectivity index (χ0) is 30.8. The summed E-state index contributed by atoms with van der Waals surface area (Å²) in [6, 6.07) is 21.7. The molecule has 2 fully saturated rings. The van der Waals surface area contributed by atoms with Crippen molar-refractivity contribution in [1.82, 2.24) is 14.3 Å². The highest BCUT2D eigenvalue weighted by molar-refractivity contribution is 6.35. The van der Waals surface area contributed by atoms with E-state index in [0.29, 0.717) is 23.3 Å². The molecular formula is C33H37Cl2N5O4. The highest BCUT2D eigenvalue weighted by Crippen LogP contribution is 2.38. The van der Waals surface area contributed by atoms with E-state index in [1.54, 1.807) is 27.7 Å². The second-order valence-electron chi connectivity index (χ2n) is 11.4. The molecule has 0 radical (unpaired) electrons. The van der Waals surface area contributed by atoms with E-state index in [9.17, 15) is 4.79 Å². The summed E-state index contributed by atoms with van der Waals surface area (Å²) in [5, 5.41) is 5.37. The Kier molecular flexibility index (Phi) is 8.91. The Morgan fingerprint density at radius 1 is 0.955 bits per heavy atom. The van der Waals surface area contributed by atoms with Gasteiger partial charge < -0.3 is 24.0 Å². The number of nitrogens with zero attached hydrogens (tertiary/aromatic N) is 5. The molecule has 0 saturated carbocycles. The van der Waals surface area contributed by atoms with Gasteiger partial charge in [0.05, 0.1) is 23.4 Å². The number of benzene rings is 3. The molecule has 0 spiro atoms. The Morgan fingerprint density at radius 3 is 2.18 bits per heavy atom. The van der Waals surface area contributed by atoms with E-state index < -0.39 is 5.79 Å². The zero-order valence-corrected chi connectivity index (χ0v) is 26.7. The van der Waals surface area contributed by atoms with Crippen LogP contribution < -0.4 is 20.2 Å². The minimum absolute atomic E-state index is 0.0725. The predicted octanol–water partition coefficient (Wildman–Crippen LogP) is 6.31. The third-order valence-corrected chi connectivity index (χ3v) is 9.02. The Labute approximate surface area is 267 Å². The average molecular weight is 639 g/mol. The van der Waals surface area contributed by atoms with Gasteiger partial charge in [0.25, 0.3) is 0 Å². The molecule has 2 saturated heterocycles. The maximum absolute atomic E-state index is 12.8. The van der Waals surface area contributed by atoms with Gasteiger partial charge in [-0.25, -0.2) is 14.0 Å². The number of hydrogen-bond donors (Lipinski definition) is 0. The fourth-order valence-corrected chi connectivity index (χ4v) is 6.26. The van der Waals surface area contributed by atoms with E-state index in [1.165, 1.54) is 0 Å². The molecule has 6 rings (SSSR count). The van der Waals surface area contributed by atoms with Crippen LogP contribution in [0.5, 0.6) is 5.75 Å². The molecule has 4 aromatic rings. The summed E-state index contributed by atoms with van der Waals surface area (Å²) >= 11 is 12.4. The molecule has 0 unspecified atom stereocenters. The number of rotatable bonds is 9. The Bertz CT molecular complexity index is 1630. The second kappa shape index (κ2) is 12.9. The topological polar surface area (TPSA) is 74.0 Å². The van der Waals surface area contributed by atoms with Crippen molar-refractivity contribution in [2.45, 2.75) is 45.1 Å². The van der Waals surface area contributed by atoms with E-state index in [0.717, 1.165) is 61.0 Å². The molecule has 0 bridgehead atoms.